The van der Waals surface area contributed by atoms with Crippen LogP contribution in [0.4, 0.5) is 5.69 Å². The number of carbonyl (C=O) groups excluding carboxylic acids is 1. The van der Waals surface area contributed by atoms with E-state index in [4.69, 9.17) is 25.5 Å². The second-order valence-electron chi connectivity index (χ2n) is 4.05. The Morgan fingerprint density at radius 1 is 1.20 bits per heavy atom. The predicted molar refractivity (Wildman–Crippen MR) is 76.0 cm³/mol. The highest BCUT2D eigenvalue weighted by atomic mass is 35.5. The molecule has 1 heterocycles. The highest BCUT2D eigenvalue weighted by molar-refractivity contribution is 6.32. The molecular formula is C14H14ClNO4. The fourth-order valence-electron chi connectivity index (χ4n) is 1.70. The molecule has 0 saturated carbocycles. The molecule has 5 nitrogen and oxygen atoms in total. The van der Waals surface area contributed by atoms with Gasteiger partial charge in [0.2, 0.25) is 0 Å². The number of benzene rings is 1. The van der Waals surface area contributed by atoms with Crippen LogP contribution in [0.3, 0.4) is 0 Å². The van der Waals surface area contributed by atoms with Gasteiger partial charge in [-0.05, 0) is 19.1 Å². The molecule has 6 heteroatoms. The average molecular weight is 296 g/mol. The van der Waals surface area contributed by atoms with E-state index in [0.717, 1.165) is 0 Å². The Balaban J connectivity index is 2.30. The molecule has 0 aliphatic rings. The fourth-order valence-corrected chi connectivity index (χ4v) is 1.93. The molecule has 0 unspecified atom stereocenters. The first-order valence-corrected chi connectivity index (χ1v) is 6.22. The van der Waals surface area contributed by atoms with E-state index < -0.39 is 0 Å². The average Bonchev–Trinajstić information content (AvgIpc) is 2.87. The van der Waals surface area contributed by atoms with E-state index >= 15 is 0 Å². The number of carbonyl (C=O) groups is 1. The number of amides is 1. The van der Waals surface area contributed by atoms with E-state index in [0.29, 0.717) is 28.0 Å². The molecule has 2 aromatic rings. The third kappa shape index (κ3) is 2.88. The normalized spacial score (nSPS) is 10.2. The Morgan fingerprint density at radius 2 is 1.90 bits per heavy atom. The minimum Gasteiger partial charge on any atom is -0.495 e. The Hall–Kier alpha value is -2.14. The quantitative estimate of drug-likeness (QED) is 0.937. The molecule has 1 aromatic heterocycles. The minimum absolute atomic E-state index is 0.221. The molecule has 0 fully saturated rings. The molecule has 0 bridgehead atoms. The van der Waals surface area contributed by atoms with Crippen molar-refractivity contribution in [1.82, 2.24) is 0 Å². The van der Waals surface area contributed by atoms with Crippen LogP contribution in [0.15, 0.2) is 28.7 Å². The SMILES string of the molecule is COc1cc(NC(=O)c2ccc(C)o2)c(OC)cc1Cl. The number of anilines is 1. The Kier molecular flexibility index (Phi) is 4.20. The molecule has 20 heavy (non-hydrogen) atoms. The number of hydrogen-bond donors (Lipinski definition) is 1. The Bertz CT molecular complexity index is 636. The lowest BCUT2D eigenvalue weighted by Crippen LogP contribution is -2.12. The van der Waals surface area contributed by atoms with Gasteiger partial charge in [0, 0.05) is 12.1 Å². The maximum Gasteiger partial charge on any atom is 0.291 e. The molecule has 106 valence electrons. The molecule has 0 radical (unpaired) electrons. The van der Waals surface area contributed by atoms with E-state index in [1.54, 1.807) is 31.2 Å². The van der Waals surface area contributed by atoms with Gasteiger partial charge in [0.05, 0.1) is 24.9 Å². The van der Waals surface area contributed by atoms with Gasteiger partial charge in [0.1, 0.15) is 17.3 Å². The van der Waals surface area contributed by atoms with Crippen LogP contribution >= 0.6 is 11.6 Å². The first-order chi connectivity index (χ1) is 9.55. The third-order valence-corrected chi connectivity index (χ3v) is 2.98. The van der Waals surface area contributed by atoms with Gasteiger partial charge < -0.3 is 19.2 Å². The molecule has 0 saturated heterocycles. The smallest absolute Gasteiger partial charge is 0.291 e. The highest BCUT2D eigenvalue weighted by Crippen LogP contribution is 2.36. The lowest BCUT2D eigenvalue weighted by Gasteiger charge is -2.12. The van der Waals surface area contributed by atoms with Gasteiger partial charge in [-0.1, -0.05) is 11.6 Å². The first kappa shape index (κ1) is 14.3. The van der Waals surface area contributed by atoms with Gasteiger partial charge in [-0.2, -0.15) is 0 Å². The zero-order valence-corrected chi connectivity index (χ0v) is 12.1. The highest BCUT2D eigenvalue weighted by Gasteiger charge is 2.15. The summed E-state index contributed by atoms with van der Waals surface area (Å²) in [6.07, 6.45) is 0. The van der Waals surface area contributed by atoms with Crippen molar-refractivity contribution in [2.45, 2.75) is 6.92 Å². The fraction of sp³-hybridized carbons (Fsp3) is 0.214. The summed E-state index contributed by atoms with van der Waals surface area (Å²) in [4.78, 5) is 12.0. The second kappa shape index (κ2) is 5.88. The van der Waals surface area contributed by atoms with Crippen molar-refractivity contribution >= 4 is 23.2 Å². The number of nitrogens with one attached hydrogen (secondary N) is 1. The number of halogens is 1. The van der Waals surface area contributed by atoms with E-state index in [-0.39, 0.29) is 11.7 Å². The van der Waals surface area contributed by atoms with Crippen molar-refractivity contribution in [1.29, 1.82) is 0 Å². The van der Waals surface area contributed by atoms with Crippen molar-refractivity contribution in [2.75, 3.05) is 19.5 Å². The number of furan rings is 1. The van der Waals surface area contributed by atoms with Gasteiger partial charge >= 0.3 is 0 Å². The summed E-state index contributed by atoms with van der Waals surface area (Å²) in [7, 11) is 2.99. The topological polar surface area (TPSA) is 60.7 Å². The standard InChI is InChI=1S/C14H14ClNO4/c1-8-4-5-11(20-8)14(17)16-10-7-12(18-2)9(15)6-13(10)19-3/h4-7H,1-3H3,(H,16,17). The van der Waals surface area contributed by atoms with Crippen LogP contribution in [0.1, 0.15) is 16.3 Å². The van der Waals surface area contributed by atoms with Gasteiger partial charge in [0.15, 0.2) is 5.76 Å². The van der Waals surface area contributed by atoms with Crippen molar-refractivity contribution in [2.24, 2.45) is 0 Å². The number of rotatable bonds is 4. The van der Waals surface area contributed by atoms with Crippen molar-refractivity contribution in [3.05, 3.63) is 40.8 Å². The summed E-state index contributed by atoms with van der Waals surface area (Å²) in [5, 5.41) is 3.10. The van der Waals surface area contributed by atoms with Crippen LogP contribution in [0.5, 0.6) is 11.5 Å². The summed E-state index contributed by atoms with van der Waals surface area (Å²) in [5.74, 6) is 1.39. The van der Waals surface area contributed by atoms with E-state index in [2.05, 4.69) is 5.32 Å². The minimum atomic E-state index is -0.374. The zero-order chi connectivity index (χ0) is 14.7. The van der Waals surface area contributed by atoms with Crippen LogP contribution < -0.4 is 14.8 Å². The molecule has 0 aliphatic carbocycles. The van der Waals surface area contributed by atoms with Gasteiger partial charge in [-0.3, -0.25) is 4.79 Å². The molecule has 1 amide bonds. The van der Waals surface area contributed by atoms with Gasteiger partial charge in [0.25, 0.3) is 5.91 Å². The van der Waals surface area contributed by atoms with Crippen LogP contribution in [-0.2, 0) is 0 Å². The first-order valence-electron chi connectivity index (χ1n) is 5.84. The predicted octanol–water partition coefficient (Wildman–Crippen LogP) is 3.51. The molecule has 0 aliphatic heterocycles. The van der Waals surface area contributed by atoms with Crippen LogP contribution in [0.2, 0.25) is 5.02 Å². The summed E-state index contributed by atoms with van der Waals surface area (Å²) >= 11 is 6.00. The van der Waals surface area contributed by atoms with Crippen LogP contribution in [0, 0.1) is 6.92 Å². The van der Waals surface area contributed by atoms with E-state index in [9.17, 15) is 4.79 Å². The number of ether oxygens (including phenoxy) is 2. The van der Waals surface area contributed by atoms with Crippen molar-refractivity contribution in [3.63, 3.8) is 0 Å². The summed E-state index contributed by atoms with van der Waals surface area (Å²) in [5.41, 5.74) is 0.452. The third-order valence-electron chi connectivity index (χ3n) is 2.69. The van der Waals surface area contributed by atoms with Gasteiger partial charge in [-0.25, -0.2) is 0 Å². The second-order valence-corrected chi connectivity index (χ2v) is 4.46. The zero-order valence-electron chi connectivity index (χ0n) is 11.3. The maximum atomic E-state index is 12.0. The van der Waals surface area contributed by atoms with Crippen molar-refractivity contribution in [3.8, 4) is 11.5 Å². The number of hydrogen-bond acceptors (Lipinski definition) is 4. The summed E-state index contributed by atoms with van der Waals surface area (Å²) < 4.78 is 15.6. The van der Waals surface area contributed by atoms with E-state index in [1.165, 1.54) is 14.2 Å². The summed E-state index contributed by atoms with van der Waals surface area (Å²) in [6.45, 7) is 1.77. The van der Waals surface area contributed by atoms with Crippen molar-refractivity contribution < 1.29 is 18.7 Å². The summed E-state index contributed by atoms with van der Waals surface area (Å²) in [6, 6.07) is 6.48. The Morgan fingerprint density at radius 3 is 2.45 bits per heavy atom. The molecule has 0 atom stereocenters. The number of aryl methyl sites for hydroxylation is 1. The molecule has 0 spiro atoms. The molecule has 1 N–H and O–H groups in total. The largest absolute Gasteiger partial charge is 0.495 e. The molecular weight excluding hydrogens is 282 g/mol. The molecule has 1 aromatic carbocycles. The number of methoxy groups -OCH3 is 2. The lowest BCUT2D eigenvalue weighted by molar-refractivity contribution is 0.0995. The Labute approximate surface area is 121 Å². The lowest BCUT2D eigenvalue weighted by atomic mass is 10.2. The van der Waals surface area contributed by atoms with Crippen LogP contribution in [-0.4, -0.2) is 20.1 Å². The van der Waals surface area contributed by atoms with Crippen LogP contribution in [0.25, 0.3) is 0 Å². The van der Waals surface area contributed by atoms with E-state index in [1.807, 2.05) is 0 Å². The molecule has 2 rings (SSSR count). The monoisotopic (exact) mass is 295 g/mol. The van der Waals surface area contributed by atoms with Gasteiger partial charge in [-0.15, -0.1) is 0 Å². The maximum absolute atomic E-state index is 12.0.